The molecule has 220 valence electrons. The molecule has 0 fully saturated rings. The first-order valence-electron chi connectivity index (χ1n) is 15.0. The first kappa shape index (κ1) is 30.3. The predicted molar refractivity (Wildman–Crippen MR) is 173 cm³/mol. The fourth-order valence-corrected chi connectivity index (χ4v) is 7.22. The van der Waals surface area contributed by atoms with E-state index in [2.05, 4.69) is 53.4 Å². The van der Waals surface area contributed by atoms with E-state index in [9.17, 15) is 13.7 Å². The Morgan fingerprint density at radius 2 is 1.63 bits per heavy atom. The molecule has 2 aliphatic heterocycles. The number of nitriles is 2. The summed E-state index contributed by atoms with van der Waals surface area (Å²) in [6.07, 6.45) is 10.6. The fraction of sp³-hybridized carbons (Fsp3) is 0.361. The molecule has 0 bridgehead atoms. The van der Waals surface area contributed by atoms with Crippen LogP contribution in [0.5, 0.6) is 0 Å². The molecule has 0 spiro atoms. The van der Waals surface area contributed by atoms with Gasteiger partial charge in [-0.05, 0) is 103 Å². The van der Waals surface area contributed by atoms with Gasteiger partial charge in [0, 0.05) is 24.7 Å². The maximum absolute atomic E-state index is 12.1. The third-order valence-corrected chi connectivity index (χ3v) is 9.47. The van der Waals surface area contributed by atoms with E-state index in [1.807, 2.05) is 48.7 Å². The second-order valence-corrected chi connectivity index (χ2v) is 14.4. The number of nitrogens with zero attached hydrogens (tertiary/aromatic N) is 4. The van der Waals surface area contributed by atoms with E-state index in [4.69, 9.17) is 10.3 Å². The molecule has 2 aliphatic rings. The highest BCUT2D eigenvalue weighted by Gasteiger charge is 2.28. The van der Waals surface area contributed by atoms with Gasteiger partial charge in [-0.2, -0.15) is 10.5 Å². The van der Waals surface area contributed by atoms with Gasteiger partial charge in [0.05, 0.1) is 41.3 Å². The Kier molecular flexibility index (Phi) is 9.75. The van der Waals surface area contributed by atoms with Crippen LogP contribution in [-0.2, 0) is 29.1 Å². The molecule has 0 saturated carbocycles. The van der Waals surface area contributed by atoms with Crippen molar-refractivity contribution in [2.75, 3.05) is 30.0 Å². The summed E-state index contributed by atoms with van der Waals surface area (Å²) >= 11 is 0. The van der Waals surface area contributed by atoms with Crippen molar-refractivity contribution in [1.29, 1.82) is 10.5 Å². The summed E-state index contributed by atoms with van der Waals surface area (Å²) in [6.45, 7) is 1.48. The minimum absolute atomic E-state index is 0.176. The molecule has 0 radical (unpaired) electrons. The molecular weight excluding hydrogens is 552 g/mol. The molecule has 2 heterocycles. The quantitative estimate of drug-likeness (QED) is 0.291. The Morgan fingerprint density at radius 3 is 2.35 bits per heavy atom. The lowest BCUT2D eigenvalue weighted by Gasteiger charge is -2.37. The van der Waals surface area contributed by atoms with Gasteiger partial charge < -0.3 is 4.90 Å². The van der Waals surface area contributed by atoms with Crippen LogP contribution in [-0.4, -0.2) is 39.7 Å². The van der Waals surface area contributed by atoms with Crippen LogP contribution in [0.15, 0.2) is 89.6 Å². The molecule has 2 unspecified atom stereocenters. The van der Waals surface area contributed by atoms with Gasteiger partial charge in [-0.25, -0.2) is 8.42 Å². The number of aliphatic imine (C=N–C) groups is 1. The average Bonchev–Trinajstić information content (AvgIpc) is 2.99. The van der Waals surface area contributed by atoms with Gasteiger partial charge in [0.1, 0.15) is 9.84 Å². The number of rotatable bonds is 9. The van der Waals surface area contributed by atoms with Crippen molar-refractivity contribution in [2.24, 2.45) is 22.7 Å². The third kappa shape index (κ3) is 8.66. The van der Waals surface area contributed by atoms with Crippen molar-refractivity contribution in [1.82, 2.24) is 0 Å². The first-order valence-corrected chi connectivity index (χ1v) is 17.1. The molecule has 3 aromatic rings. The maximum Gasteiger partial charge on any atom is 0.147 e. The molecule has 6 nitrogen and oxygen atoms in total. The number of sulfone groups is 1. The van der Waals surface area contributed by atoms with Gasteiger partial charge in [0.2, 0.25) is 0 Å². The van der Waals surface area contributed by atoms with Crippen LogP contribution in [0.4, 0.5) is 5.69 Å². The normalized spacial score (nSPS) is 20.2. The lowest BCUT2D eigenvalue weighted by Crippen LogP contribution is -2.36. The molecule has 0 N–H and O–H groups in total. The van der Waals surface area contributed by atoms with E-state index >= 15 is 0 Å². The minimum atomic E-state index is -3.07. The first-order chi connectivity index (χ1) is 20.8. The molecule has 3 atom stereocenters. The molecule has 0 saturated heterocycles. The number of hydrogen-bond acceptors (Lipinski definition) is 6. The number of benzene rings is 3. The topological polar surface area (TPSA) is 97.3 Å². The fourth-order valence-electron chi connectivity index (χ4n) is 6.46. The molecule has 0 amide bonds. The number of allylic oxidation sites excluding steroid dienone is 1. The van der Waals surface area contributed by atoms with Crippen molar-refractivity contribution in [3.63, 3.8) is 0 Å². The van der Waals surface area contributed by atoms with E-state index in [0.29, 0.717) is 35.9 Å². The zero-order valence-corrected chi connectivity index (χ0v) is 25.5. The van der Waals surface area contributed by atoms with E-state index in [0.717, 1.165) is 55.6 Å². The molecule has 5 rings (SSSR count). The standard InChI is InChI=1S/C36H38N4O2S/c1-43(41,42)16-14-31-19-33(18-27-5-3-2-4-6-27)25-40(36-12-11-32(24-38)21-34(36)20-31)26-35-22-30(13-15-39-35)17-28-7-9-29(23-37)10-8-28/h2-12,15,21-22,30-31,33H,13-14,16-20,25-26H2,1H3/t30?,31?,33-/m0/s1. The Bertz CT molecular complexity index is 1660. The van der Waals surface area contributed by atoms with E-state index in [-0.39, 0.29) is 11.7 Å². The van der Waals surface area contributed by atoms with E-state index in [1.165, 1.54) is 17.4 Å². The van der Waals surface area contributed by atoms with E-state index < -0.39 is 9.84 Å². The van der Waals surface area contributed by atoms with Crippen LogP contribution < -0.4 is 4.90 Å². The van der Waals surface area contributed by atoms with Crippen molar-refractivity contribution in [2.45, 2.75) is 38.5 Å². The minimum Gasteiger partial charge on any atom is -0.365 e. The molecule has 43 heavy (non-hydrogen) atoms. The highest BCUT2D eigenvalue weighted by atomic mass is 32.2. The Hall–Kier alpha value is -4.20. The summed E-state index contributed by atoms with van der Waals surface area (Å²) in [5, 5.41) is 18.8. The van der Waals surface area contributed by atoms with Gasteiger partial charge in [-0.15, -0.1) is 0 Å². The van der Waals surface area contributed by atoms with Crippen molar-refractivity contribution in [3.8, 4) is 12.1 Å². The Balaban J connectivity index is 1.43. The van der Waals surface area contributed by atoms with Crippen molar-refractivity contribution in [3.05, 3.63) is 112 Å². The summed E-state index contributed by atoms with van der Waals surface area (Å²) in [5.41, 5.74) is 7.03. The second kappa shape index (κ2) is 13.8. The lowest BCUT2D eigenvalue weighted by atomic mass is 9.82. The zero-order valence-electron chi connectivity index (χ0n) is 24.7. The average molecular weight is 591 g/mol. The van der Waals surface area contributed by atoms with Crippen LogP contribution in [0.2, 0.25) is 0 Å². The molecule has 0 aliphatic carbocycles. The van der Waals surface area contributed by atoms with Crippen LogP contribution in [0, 0.1) is 40.4 Å². The molecule has 0 aromatic heterocycles. The largest absolute Gasteiger partial charge is 0.365 e. The summed E-state index contributed by atoms with van der Waals surface area (Å²) in [6, 6.07) is 28.8. The Labute approximate surface area is 255 Å². The SMILES string of the molecule is CS(=O)(=O)CCC1Cc2cc(C#N)ccc2N(CC2=CC(Cc3ccc(C#N)cc3)CC=N2)C[C@@H](Cc2ccccc2)C1. The smallest absolute Gasteiger partial charge is 0.147 e. The van der Waals surface area contributed by atoms with Crippen molar-refractivity contribution < 1.29 is 8.42 Å². The van der Waals surface area contributed by atoms with Crippen LogP contribution in [0.25, 0.3) is 0 Å². The summed E-state index contributed by atoms with van der Waals surface area (Å²) < 4.78 is 24.2. The highest BCUT2D eigenvalue weighted by Crippen LogP contribution is 2.35. The zero-order chi connectivity index (χ0) is 30.2. The number of anilines is 1. The molecule has 7 heteroatoms. The highest BCUT2D eigenvalue weighted by molar-refractivity contribution is 7.90. The lowest BCUT2D eigenvalue weighted by molar-refractivity contribution is 0.350. The Morgan fingerprint density at radius 1 is 0.907 bits per heavy atom. The number of fused-ring (bicyclic) bond motifs is 1. The summed E-state index contributed by atoms with van der Waals surface area (Å²) in [7, 11) is -3.07. The van der Waals surface area contributed by atoms with Crippen LogP contribution >= 0.6 is 0 Å². The van der Waals surface area contributed by atoms with Crippen LogP contribution in [0.3, 0.4) is 0 Å². The third-order valence-electron chi connectivity index (χ3n) is 8.49. The van der Waals surface area contributed by atoms with E-state index in [1.54, 1.807) is 0 Å². The van der Waals surface area contributed by atoms with Gasteiger partial charge in [0.25, 0.3) is 0 Å². The van der Waals surface area contributed by atoms with Gasteiger partial charge in [-0.1, -0.05) is 48.5 Å². The van der Waals surface area contributed by atoms with Gasteiger partial charge in [0.15, 0.2) is 0 Å². The van der Waals surface area contributed by atoms with Gasteiger partial charge in [-0.3, -0.25) is 4.99 Å². The molecule has 3 aromatic carbocycles. The van der Waals surface area contributed by atoms with Gasteiger partial charge >= 0.3 is 0 Å². The maximum atomic E-state index is 12.1. The van der Waals surface area contributed by atoms with Crippen molar-refractivity contribution >= 4 is 21.7 Å². The monoisotopic (exact) mass is 590 g/mol. The number of hydrogen-bond donors (Lipinski definition) is 0. The molecular formula is C36H38N4O2S. The van der Waals surface area contributed by atoms with Crippen LogP contribution in [0.1, 0.15) is 47.1 Å². The second-order valence-electron chi connectivity index (χ2n) is 12.1. The summed E-state index contributed by atoms with van der Waals surface area (Å²) in [5.74, 6) is 1.05. The predicted octanol–water partition coefficient (Wildman–Crippen LogP) is 6.31. The summed E-state index contributed by atoms with van der Waals surface area (Å²) in [4.78, 5) is 7.24.